The number of carbonyl (C=O) groups is 3. The van der Waals surface area contributed by atoms with E-state index in [0.717, 1.165) is 43.9 Å². The van der Waals surface area contributed by atoms with Crippen molar-refractivity contribution in [2.75, 3.05) is 39.3 Å². The van der Waals surface area contributed by atoms with Gasteiger partial charge in [0.25, 0.3) is 5.91 Å². The van der Waals surface area contributed by atoms with Crippen LogP contribution in [0.4, 0.5) is 18.0 Å². The number of alkyl halides is 3. The Labute approximate surface area is 243 Å². The van der Waals surface area contributed by atoms with Gasteiger partial charge >= 0.3 is 12.2 Å². The van der Waals surface area contributed by atoms with E-state index in [0.29, 0.717) is 44.7 Å². The number of rotatable bonds is 5. The summed E-state index contributed by atoms with van der Waals surface area (Å²) < 4.78 is 42.9. The van der Waals surface area contributed by atoms with Crippen molar-refractivity contribution in [1.29, 1.82) is 0 Å². The van der Waals surface area contributed by atoms with Crippen LogP contribution in [0.1, 0.15) is 90.5 Å². The molecule has 2 atom stereocenters. The number of likely N-dealkylation sites (tertiary alicyclic amines) is 3. The summed E-state index contributed by atoms with van der Waals surface area (Å²) in [5.74, 6) is -0.358. The molecule has 4 heterocycles. The van der Waals surface area contributed by atoms with Gasteiger partial charge in [-0.15, -0.1) is 0 Å². The molecule has 3 saturated heterocycles. The highest BCUT2D eigenvalue weighted by molar-refractivity contribution is 5.95. The molecule has 1 aromatic carbocycles. The van der Waals surface area contributed by atoms with E-state index in [-0.39, 0.29) is 53.9 Å². The first-order chi connectivity index (χ1) is 20.1. The minimum absolute atomic E-state index is 0.00395. The highest BCUT2D eigenvalue weighted by Gasteiger charge is 2.40. The van der Waals surface area contributed by atoms with Crippen LogP contribution in [-0.2, 0) is 11.0 Å². The Morgan fingerprint density at radius 2 is 1.55 bits per heavy atom. The van der Waals surface area contributed by atoms with Crippen LogP contribution in [0, 0.1) is 0 Å². The van der Waals surface area contributed by atoms with Gasteiger partial charge in [0.05, 0.1) is 29.1 Å². The van der Waals surface area contributed by atoms with Gasteiger partial charge in [0, 0.05) is 64.1 Å². The fourth-order valence-electron chi connectivity index (χ4n) is 6.91. The fraction of sp³-hybridized carbons (Fsp3) is 0.600. The Bertz CT molecular complexity index is 1350. The molecule has 1 aliphatic carbocycles. The first-order valence-electron chi connectivity index (χ1n) is 14.9. The SMILES string of the molecule is CC(=O)NC1CCN(C(=O)N2CCC(n3ncc(C(=O)N4CC[C@@H](c5ccccc5C(F)(F)F)C4)c3C3CC3)CC2)C1. The van der Waals surface area contributed by atoms with E-state index < -0.39 is 11.7 Å². The topological polar surface area (TPSA) is 90.8 Å². The predicted molar refractivity (Wildman–Crippen MR) is 148 cm³/mol. The van der Waals surface area contributed by atoms with E-state index in [1.165, 1.54) is 19.1 Å². The number of benzene rings is 1. The molecule has 2 aromatic rings. The van der Waals surface area contributed by atoms with E-state index in [2.05, 4.69) is 10.4 Å². The zero-order chi connectivity index (χ0) is 29.6. The van der Waals surface area contributed by atoms with Gasteiger partial charge in [-0.2, -0.15) is 18.3 Å². The van der Waals surface area contributed by atoms with Crippen molar-refractivity contribution in [3.05, 3.63) is 52.8 Å². The average Bonchev–Trinajstić information content (AvgIpc) is 3.34. The van der Waals surface area contributed by atoms with Crippen molar-refractivity contribution in [2.24, 2.45) is 0 Å². The molecule has 4 amide bonds. The molecular weight excluding hydrogens is 549 g/mol. The molecule has 4 fully saturated rings. The van der Waals surface area contributed by atoms with E-state index in [9.17, 15) is 27.6 Å². The molecule has 0 spiro atoms. The predicted octanol–water partition coefficient (Wildman–Crippen LogP) is 4.38. The van der Waals surface area contributed by atoms with Crippen molar-refractivity contribution in [2.45, 2.75) is 75.5 Å². The Hall–Kier alpha value is -3.57. The van der Waals surface area contributed by atoms with E-state index >= 15 is 0 Å². The zero-order valence-electron chi connectivity index (χ0n) is 23.8. The summed E-state index contributed by atoms with van der Waals surface area (Å²) in [5, 5.41) is 7.56. The van der Waals surface area contributed by atoms with Gasteiger partial charge in [0.1, 0.15) is 0 Å². The van der Waals surface area contributed by atoms with Crippen molar-refractivity contribution in [3.8, 4) is 0 Å². The number of urea groups is 1. The maximum absolute atomic E-state index is 13.7. The summed E-state index contributed by atoms with van der Waals surface area (Å²) in [7, 11) is 0. The van der Waals surface area contributed by atoms with Gasteiger partial charge in [-0.25, -0.2) is 4.79 Å². The number of hydrogen-bond acceptors (Lipinski definition) is 4. The van der Waals surface area contributed by atoms with Gasteiger partial charge in [-0.1, -0.05) is 18.2 Å². The Kier molecular flexibility index (Phi) is 7.65. The van der Waals surface area contributed by atoms with E-state index in [4.69, 9.17) is 0 Å². The van der Waals surface area contributed by atoms with Crippen LogP contribution in [0.3, 0.4) is 0 Å². The fourth-order valence-corrected chi connectivity index (χ4v) is 6.91. The quantitative estimate of drug-likeness (QED) is 0.563. The molecule has 12 heteroatoms. The lowest BCUT2D eigenvalue weighted by atomic mass is 9.93. The zero-order valence-corrected chi connectivity index (χ0v) is 23.8. The lowest BCUT2D eigenvalue weighted by molar-refractivity contribution is -0.138. The highest BCUT2D eigenvalue weighted by Crippen LogP contribution is 2.44. The molecule has 42 heavy (non-hydrogen) atoms. The lowest BCUT2D eigenvalue weighted by Crippen LogP contribution is -2.47. The number of amides is 4. The number of aromatic nitrogens is 2. The Balaban J connectivity index is 1.11. The molecular formula is C30H37F3N6O3. The Morgan fingerprint density at radius 3 is 2.24 bits per heavy atom. The van der Waals surface area contributed by atoms with Gasteiger partial charge in [0.15, 0.2) is 0 Å². The standard InChI is InChI=1S/C30H37F3N6O3/c1-19(40)35-22-9-13-38(18-22)29(42)36-14-10-23(11-15-36)39-27(20-6-7-20)25(16-34-39)28(41)37-12-8-21(17-37)24-4-2-3-5-26(24)30(31,32)33/h2-5,16,20-23H,6-15,17-18H2,1H3,(H,35,40)/t21-,22?/m1/s1. The molecule has 226 valence electrons. The first-order valence-corrected chi connectivity index (χ1v) is 14.9. The number of halogens is 3. The summed E-state index contributed by atoms with van der Waals surface area (Å²) in [6.45, 7) is 4.47. The van der Waals surface area contributed by atoms with E-state index in [1.54, 1.807) is 22.1 Å². The molecule has 0 radical (unpaired) electrons. The molecule has 1 N–H and O–H groups in total. The van der Waals surface area contributed by atoms with Crippen LogP contribution in [0.5, 0.6) is 0 Å². The third-order valence-electron chi connectivity index (χ3n) is 9.16. The van der Waals surface area contributed by atoms with Gasteiger partial charge < -0.3 is 20.0 Å². The molecule has 1 aromatic heterocycles. The third kappa shape index (κ3) is 5.72. The van der Waals surface area contributed by atoms with Crippen LogP contribution >= 0.6 is 0 Å². The van der Waals surface area contributed by atoms with Crippen molar-refractivity contribution >= 4 is 17.8 Å². The second kappa shape index (κ2) is 11.3. The number of nitrogens with one attached hydrogen (secondary N) is 1. The minimum atomic E-state index is -4.43. The average molecular weight is 587 g/mol. The maximum Gasteiger partial charge on any atom is 0.416 e. The van der Waals surface area contributed by atoms with Gasteiger partial charge in [-0.3, -0.25) is 14.3 Å². The number of nitrogens with zero attached hydrogens (tertiary/aromatic N) is 5. The summed E-state index contributed by atoms with van der Waals surface area (Å²) in [6.07, 6.45) is 1.86. The number of carbonyl (C=O) groups excluding carboxylic acids is 3. The van der Waals surface area contributed by atoms with Gasteiger partial charge in [-0.05, 0) is 50.2 Å². The molecule has 1 saturated carbocycles. The summed E-state index contributed by atoms with van der Waals surface area (Å²) >= 11 is 0. The summed E-state index contributed by atoms with van der Waals surface area (Å²) in [6, 6.07) is 5.72. The normalized spacial score (nSPS) is 23.5. The number of piperidine rings is 1. The number of hydrogen-bond donors (Lipinski definition) is 1. The molecule has 1 unspecified atom stereocenters. The second-order valence-electron chi connectivity index (χ2n) is 12.1. The molecule has 3 aliphatic heterocycles. The van der Waals surface area contributed by atoms with Crippen molar-refractivity contribution < 1.29 is 27.6 Å². The van der Waals surface area contributed by atoms with Crippen LogP contribution in [0.25, 0.3) is 0 Å². The van der Waals surface area contributed by atoms with Crippen LogP contribution < -0.4 is 5.32 Å². The summed E-state index contributed by atoms with van der Waals surface area (Å²) in [4.78, 5) is 43.5. The first kappa shape index (κ1) is 28.5. The van der Waals surface area contributed by atoms with Gasteiger partial charge in [0.2, 0.25) is 5.91 Å². The van der Waals surface area contributed by atoms with E-state index in [1.807, 2.05) is 9.58 Å². The molecule has 4 aliphatic rings. The molecule has 0 bridgehead atoms. The van der Waals surface area contributed by atoms with Crippen LogP contribution in [0.15, 0.2) is 30.5 Å². The van der Waals surface area contributed by atoms with Crippen molar-refractivity contribution in [1.82, 2.24) is 29.8 Å². The second-order valence-corrected chi connectivity index (χ2v) is 12.1. The summed E-state index contributed by atoms with van der Waals surface area (Å²) in [5.41, 5.74) is 1.11. The van der Waals surface area contributed by atoms with Crippen molar-refractivity contribution in [3.63, 3.8) is 0 Å². The Morgan fingerprint density at radius 1 is 0.857 bits per heavy atom. The van der Waals surface area contributed by atoms with Crippen LogP contribution in [0.2, 0.25) is 0 Å². The monoisotopic (exact) mass is 586 g/mol. The maximum atomic E-state index is 13.7. The lowest BCUT2D eigenvalue weighted by Gasteiger charge is -2.35. The minimum Gasteiger partial charge on any atom is -0.352 e. The van der Waals surface area contributed by atoms with Crippen LogP contribution in [-0.4, -0.2) is 87.6 Å². The highest BCUT2D eigenvalue weighted by atomic mass is 19.4. The molecule has 9 nitrogen and oxygen atoms in total. The largest absolute Gasteiger partial charge is 0.416 e. The third-order valence-corrected chi connectivity index (χ3v) is 9.16. The smallest absolute Gasteiger partial charge is 0.352 e. The molecule has 6 rings (SSSR count).